The summed E-state index contributed by atoms with van der Waals surface area (Å²) in [5.74, 6) is 0.574. The summed E-state index contributed by atoms with van der Waals surface area (Å²) >= 11 is 1.60. The van der Waals surface area contributed by atoms with Crippen molar-refractivity contribution in [2.24, 2.45) is 0 Å². The molecule has 0 bridgehead atoms. The summed E-state index contributed by atoms with van der Waals surface area (Å²) in [4.78, 5) is 13.0. The van der Waals surface area contributed by atoms with Gasteiger partial charge in [-0.3, -0.25) is 0 Å². The second-order valence-corrected chi connectivity index (χ2v) is 6.42. The number of rotatable bonds is 5. The van der Waals surface area contributed by atoms with Gasteiger partial charge >= 0.3 is 6.03 Å². The maximum absolute atomic E-state index is 11.9. The van der Waals surface area contributed by atoms with Crippen LogP contribution in [0.1, 0.15) is 21.8 Å². The highest BCUT2D eigenvalue weighted by molar-refractivity contribution is 7.09. The molecule has 2 aromatic heterocycles. The van der Waals surface area contributed by atoms with Crippen molar-refractivity contribution in [3.63, 3.8) is 0 Å². The van der Waals surface area contributed by atoms with Crippen LogP contribution in [0.25, 0.3) is 5.69 Å². The van der Waals surface area contributed by atoms with Crippen LogP contribution >= 0.6 is 11.3 Å². The summed E-state index contributed by atoms with van der Waals surface area (Å²) < 4.78 is 1.63. The molecule has 0 unspecified atom stereocenters. The monoisotopic (exact) mass is 342 g/mol. The zero-order valence-corrected chi connectivity index (χ0v) is 14.3. The first-order valence-electron chi connectivity index (χ1n) is 7.52. The number of carbonyl (C=O) groups excluding carboxylic acids is 1. The molecule has 1 aromatic carbocycles. The third-order valence-corrected chi connectivity index (χ3v) is 4.56. The highest BCUT2D eigenvalue weighted by atomic mass is 32.1. The Labute approximate surface area is 143 Å². The first kappa shape index (κ1) is 16.1. The lowest BCUT2D eigenvalue weighted by Gasteiger charge is -2.09. The zero-order chi connectivity index (χ0) is 16.9. The molecule has 3 aromatic rings. The lowest BCUT2D eigenvalue weighted by molar-refractivity contribution is 0.240. The van der Waals surface area contributed by atoms with Crippen LogP contribution in [0.15, 0.2) is 35.7 Å². The topological polar surface area (TPSA) is 84.7 Å². The fraction of sp³-hybridized carbons (Fsp3) is 0.250. The summed E-state index contributed by atoms with van der Waals surface area (Å²) in [5.41, 5.74) is 3.24. The third-order valence-electron chi connectivity index (χ3n) is 3.68. The van der Waals surface area contributed by atoms with Crippen molar-refractivity contribution >= 4 is 17.4 Å². The smallest absolute Gasteiger partial charge is 0.315 e. The Morgan fingerprint density at radius 3 is 2.75 bits per heavy atom. The number of urea groups is 1. The number of thiophene rings is 1. The van der Waals surface area contributed by atoms with Crippen molar-refractivity contribution in [2.45, 2.75) is 26.9 Å². The molecule has 3 rings (SSSR count). The molecular weight excluding hydrogens is 324 g/mol. The molecule has 8 heteroatoms. The molecule has 0 saturated heterocycles. The van der Waals surface area contributed by atoms with Gasteiger partial charge in [0.15, 0.2) is 5.82 Å². The molecule has 0 aliphatic heterocycles. The number of tetrazole rings is 1. The number of carbonyl (C=O) groups is 1. The lowest BCUT2D eigenvalue weighted by atomic mass is 10.1. The predicted octanol–water partition coefficient (Wildman–Crippen LogP) is 2.34. The number of nitrogens with one attached hydrogen (secondary N) is 2. The molecule has 2 heterocycles. The predicted molar refractivity (Wildman–Crippen MR) is 92.0 cm³/mol. The summed E-state index contributed by atoms with van der Waals surface area (Å²) in [6, 6.07) is 9.68. The van der Waals surface area contributed by atoms with Crippen LogP contribution in [-0.4, -0.2) is 26.2 Å². The molecule has 7 nitrogen and oxygen atoms in total. The van der Waals surface area contributed by atoms with Gasteiger partial charge in [-0.25, -0.2) is 4.79 Å². The molecule has 0 radical (unpaired) electrons. The molecule has 0 spiro atoms. The highest BCUT2D eigenvalue weighted by Gasteiger charge is 2.10. The number of hydrogen-bond acceptors (Lipinski definition) is 5. The van der Waals surface area contributed by atoms with Crippen molar-refractivity contribution < 1.29 is 4.79 Å². The molecule has 24 heavy (non-hydrogen) atoms. The number of hydrogen-bond donors (Lipinski definition) is 2. The highest BCUT2D eigenvalue weighted by Crippen LogP contribution is 2.14. The first-order chi connectivity index (χ1) is 11.6. The lowest BCUT2D eigenvalue weighted by Crippen LogP contribution is -2.35. The SMILES string of the molecule is Cc1ccc(-n2nnnc2CNC(=O)NCc2cccs2)cc1C. The fourth-order valence-corrected chi connectivity index (χ4v) is 2.82. The van der Waals surface area contributed by atoms with E-state index >= 15 is 0 Å². The molecule has 0 aliphatic rings. The van der Waals surface area contributed by atoms with E-state index in [1.54, 1.807) is 16.0 Å². The van der Waals surface area contributed by atoms with Gasteiger partial charge in [0, 0.05) is 4.88 Å². The van der Waals surface area contributed by atoms with Gasteiger partial charge in [0.1, 0.15) is 0 Å². The van der Waals surface area contributed by atoms with Crippen LogP contribution in [0.3, 0.4) is 0 Å². The van der Waals surface area contributed by atoms with E-state index in [-0.39, 0.29) is 12.6 Å². The van der Waals surface area contributed by atoms with Crippen molar-refractivity contribution in [3.8, 4) is 5.69 Å². The van der Waals surface area contributed by atoms with E-state index in [4.69, 9.17) is 0 Å². The van der Waals surface area contributed by atoms with E-state index in [1.165, 1.54) is 5.56 Å². The van der Waals surface area contributed by atoms with Gasteiger partial charge < -0.3 is 10.6 Å². The van der Waals surface area contributed by atoms with E-state index in [1.807, 2.05) is 42.6 Å². The van der Waals surface area contributed by atoms with E-state index in [2.05, 4.69) is 33.1 Å². The largest absolute Gasteiger partial charge is 0.333 e. The standard InChI is InChI=1S/C16H18N6OS/c1-11-5-6-13(8-12(11)2)22-15(19-20-21-22)10-18-16(23)17-9-14-4-3-7-24-14/h3-8H,9-10H2,1-2H3,(H2,17,18,23). The molecular formula is C16H18N6OS. The normalized spacial score (nSPS) is 10.6. The maximum atomic E-state index is 11.9. The third kappa shape index (κ3) is 3.77. The van der Waals surface area contributed by atoms with Crippen LogP contribution in [-0.2, 0) is 13.1 Å². The maximum Gasteiger partial charge on any atom is 0.315 e. The Balaban J connectivity index is 1.61. The number of aryl methyl sites for hydroxylation is 2. The molecule has 124 valence electrons. The average Bonchev–Trinajstić information content (AvgIpc) is 3.25. The fourth-order valence-electron chi connectivity index (χ4n) is 2.18. The minimum atomic E-state index is -0.252. The van der Waals surface area contributed by atoms with Crippen molar-refractivity contribution in [3.05, 3.63) is 57.5 Å². The summed E-state index contributed by atoms with van der Waals surface area (Å²) in [6.45, 7) is 4.85. The molecule has 0 saturated carbocycles. The van der Waals surface area contributed by atoms with Gasteiger partial charge in [-0.1, -0.05) is 12.1 Å². The van der Waals surface area contributed by atoms with Gasteiger partial charge in [-0.05, 0) is 59.0 Å². The zero-order valence-electron chi connectivity index (χ0n) is 13.5. The van der Waals surface area contributed by atoms with E-state index in [9.17, 15) is 4.79 Å². The van der Waals surface area contributed by atoms with Crippen LogP contribution in [0.4, 0.5) is 4.79 Å². The Kier molecular flexibility index (Phi) is 4.85. The van der Waals surface area contributed by atoms with Gasteiger partial charge in [-0.2, -0.15) is 4.68 Å². The van der Waals surface area contributed by atoms with Crippen LogP contribution < -0.4 is 10.6 Å². The quantitative estimate of drug-likeness (QED) is 0.745. The molecule has 2 N–H and O–H groups in total. The second kappa shape index (κ2) is 7.22. The van der Waals surface area contributed by atoms with E-state index in [0.29, 0.717) is 12.4 Å². The number of aromatic nitrogens is 4. The Bertz CT molecular complexity index is 827. The van der Waals surface area contributed by atoms with Crippen molar-refractivity contribution in [1.82, 2.24) is 30.8 Å². The number of benzene rings is 1. The minimum Gasteiger partial charge on any atom is -0.333 e. The van der Waals surface area contributed by atoms with E-state index in [0.717, 1.165) is 16.1 Å². The van der Waals surface area contributed by atoms with Gasteiger partial charge in [0.25, 0.3) is 0 Å². The Morgan fingerprint density at radius 1 is 1.17 bits per heavy atom. The second-order valence-electron chi connectivity index (χ2n) is 5.39. The molecule has 2 amide bonds. The van der Waals surface area contributed by atoms with Gasteiger partial charge in [0.2, 0.25) is 0 Å². The molecule has 0 fully saturated rings. The number of nitrogens with zero attached hydrogens (tertiary/aromatic N) is 4. The van der Waals surface area contributed by atoms with Gasteiger partial charge in [-0.15, -0.1) is 16.4 Å². The summed E-state index contributed by atoms with van der Waals surface area (Å²) in [6.07, 6.45) is 0. The summed E-state index contributed by atoms with van der Waals surface area (Å²) in [5, 5.41) is 19.3. The van der Waals surface area contributed by atoms with Crippen molar-refractivity contribution in [2.75, 3.05) is 0 Å². The Morgan fingerprint density at radius 2 is 2.00 bits per heavy atom. The molecule has 0 atom stereocenters. The van der Waals surface area contributed by atoms with Crippen LogP contribution in [0.2, 0.25) is 0 Å². The Hall–Kier alpha value is -2.74. The van der Waals surface area contributed by atoms with E-state index < -0.39 is 0 Å². The summed E-state index contributed by atoms with van der Waals surface area (Å²) in [7, 11) is 0. The van der Waals surface area contributed by atoms with Crippen molar-refractivity contribution in [1.29, 1.82) is 0 Å². The minimum absolute atomic E-state index is 0.246. The van der Waals surface area contributed by atoms with Crippen LogP contribution in [0, 0.1) is 13.8 Å². The molecule has 0 aliphatic carbocycles. The number of amides is 2. The first-order valence-corrected chi connectivity index (χ1v) is 8.40. The van der Waals surface area contributed by atoms with Crippen LogP contribution in [0.5, 0.6) is 0 Å². The average molecular weight is 342 g/mol. The van der Waals surface area contributed by atoms with Gasteiger partial charge in [0.05, 0.1) is 18.8 Å².